The van der Waals surface area contributed by atoms with Crippen LogP contribution >= 0.6 is 11.8 Å². The Morgan fingerprint density at radius 3 is 2.76 bits per heavy atom. The molecule has 0 spiro atoms. The van der Waals surface area contributed by atoms with Crippen molar-refractivity contribution in [3.63, 3.8) is 0 Å². The van der Waals surface area contributed by atoms with Gasteiger partial charge in [0.2, 0.25) is 11.1 Å². The van der Waals surface area contributed by atoms with Crippen LogP contribution in [0.4, 0.5) is 16.2 Å². The third kappa shape index (κ3) is 4.30. The number of nitro groups is 1. The molecule has 0 saturated carbocycles. The van der Waals surface area contributed by atoms with Crippen molar-refractivity contribution in [2.75, 3.05) is 31.2 Å². The molecule has 0 amide bonds. The number of nitrogens with zero attached hydrogens (tertiary/aromatic N) is 5. The number of aromatic nitrogens is 3. The number of hydrogen-bond acceptors (Lipinski definition) is 8. The molecule has 11 heteroatoms. The minimum atomic E-state index is -0.598. The Hall–Kier alpha value is -3.18. The lowest BCUT2D eigenvalue weighted by Gasteiger charge is -2.27. The molecule has 0 N–H and O–H groups in total. The van der Waals surface area contributed by atoms with Crippen LogP contribution in [0.5, 0.6) is 0 Å². The lowest BCUT2D eigenvalue weighted by molar-refractivity contribution is -0.402. The van der Waals surface area contributed by atoms with E-state index in [0.717, 1.165) is 0 Å². The minimum Gasteiger partial charge on any atom is -0.401 e. The fraction of sp³-hybridized carbons (Fsp3) is 0.222. The quantitative estimate of drug-likeness (QED) is 0.341. The summed E-state index contributed by atoms with van der Waals surface area (Å²) in [6.45, 7) is 2.47. The highest BCUT2D eigenvalue weighted by atomic mass is 32.2. The molecule has 150 valence electrons. The first-order valence-electron chi connectivity index (χ1n) is 8.73. The Bertz CT molecular complexity index is 1040. The van der Waals surface area contributed by atoms with Gasteiger partial charge in [0.1, 0.15) is 16.5 Å². The molecule has 1 aliphatic rings. The predicted molar refractivity (Wildman–Crippen MR) is 105 cm³/mol. The van der Waals surface area contributed by atoms with E-state index >= 15 is 0 Å². The average Bonchev–Trinajstić information content (AvgIpc) is 3.36. The van der Waals surface area contributed by atoms with Crippen LogP contribution in [0.15, 0.2) is 51.4 Å². The van der Waals surface area contributed by atoms with Gasteiger partial charge in [0.05, 0.1) is 25.0 Å². The molecule has 1 aromatic carbocycles. The van der Waals surface area contributed by atoms with Crippen molar-refractivity contribution in [1.29, 1.82) is 0 Å². The van der Waals surface area contributed by atoms with Crippen LogP contribution in [0.1, 0.15) is 5.76 Å². The first kappa shape index (κ1) is 19.2. The molecular weight excluding hydrogens is 401 g/mol. The van der Waals surface area contributed by atoms with E-state index in [1.807, 2.05) is 4.90 Å². The molecule has 3 aromatic rings. The molecule has 9 nitrogen and oxygen atoms in total. The first-order chi connectivity index (χ1) is 14.1. The number of anilines is 1. The number of morpholine rings is 1. The third-order valence-electron chi connectivity index (χ3n) is 4.17. The lowest BCUT2D eigenvalue weighted by atomic mass is 10.3. The Balaban J connectivity index is 1.62. The van der Waals surface area contributed by atoms with Gasteiger partial charge >= 0.3 is 5.88 Å². The van der Waals surface area contributed by atoms with E-state index < -0.39 is 4.92 Å². The van der Waals surface area contributed by atoms with Crippen LogP contribution in [-0.4, -0.2) is 46.0 Å². The number of thioether (sulfide) groups is 1. The van der Waals surface area contributed by atoms with Crippen molar-refractivity contribution >= 4 is 29.7 Å². The van der Waals surface area contributed by atoms with E-state index in [2.05, 4.69) is 10.2 Å². The van der Waals surface area contributed by atoms with Crippen LogP contribution in [0.3, 0.4) is 0 Å². The summed E-state index contributed by atoms with van der Waals surface area (Å²) < 4.78 is 26.1. The topological polar surface area (TPSA) is 99.5 Å². The summed E-state index contributed by atoms with van der Waals surface area (Å²) in [5.41, 5.74) is 0.598. The Labute approximate surface area is 168 Å². The summed E-state index contributed by atoms with van der Waals surface area (Å²) in [6.07, 6.45) is 1.59. The molecule has 3 heterocycles. The van der Waals surface area contributed by atoms with Crippen molar-refractivity contribution < 1.29 is 18.5 Å². The maximum Gasteiger partial charge on any atom is 0.433 e. The summed E-state index contributed by atoms with van der Waals surface area (Å²) in [5, 5.41) is 21.5. The molecule has 0 aliphatic carbocycles. The molecule has 1 fully saturated rings. The third-order valence-corrected chi connectivity index (χ3v) is 4.92. The summed E-state index contributed by atoms with van der Waals surface area (Å²) in [7, 11) is 0. The molecule has 0 radical (unpaired) electrons. The fourth-order valence-corrected chi connectivity index (χ4v) is 3.54. The highest BCUT2D eigenvalue weighted by Gasteiger charge is 2.21. The van der Waals surface area contributed by atoms with Gasteiger partial charge in [-0.15, -0.1) is 10.2 Å². The molecule has 4 rings (SSSR count). The molecule has 29 heavy (non-hydrogen) atoms. The Kier molecular flexibility index (Phi) is 5.58. The van der Waals surface area contributed by atoms with Crippen molar-refractivity contribution in [2.45, 2.75) is 5.16 Å². The number of hydrogen-bond donors (Lipinski definition) is 0. The normalized spacial score (nSPS) is 14.6. The summed E-state index contributed by atoms with van der Waals surface area (Å²) in [4.78, 5) is 12.1. The van der Waals surface area contributed by atoms with Crippen molar-refractivity contribution in [1.82, 2.24) is 14.8 Å². The van der Waals surface area contributed by atoms with Gasteiger partial charge in [0.25, 0.3) is 0 Å². The summed E-state index contributed by atoms with van der Waals surface area (Å²) >= 11 is 1.24. The van der Waals surface area contributed by atoms with Gasteiger partial charge in [0.15, 0.2) is 0 Å². The number of ether oxygens (including phenoxy) is 1. The van der Waals surface area contributed by atoms with E-state index in [0.29, 0.717) is 48.9 Å². The van der Waals surface area contributed by atoms with Crippen molar-refractivity contribution in [3.8, 4) is 5.69 Å². The highest BCUT2D eigenvalue weighted by molar-refractivity contribution is 8.02. The Morgan fingerprint density at radius 2 is 2.03 bits per heavy atom. The van der Waals surface area contributed by atoms with Gasteiger partial charge in [-0.3, -0.25) is 14.7 Å². The van der Waals surface area contributed by atoms with Crippen LogP contribution in [-0.2, 0) is 4.74 Å². The SMILES string of the molecule is O=[N+]([O-])c1ccc(/C=C/Sc2nnc(N3CCOCC3)n2-c2cccc(F)c2)o1. The zero-order valence-corrected chi connectivity index (χ0v) is 15.9. The van der Waals surface area contributed by atoms with Gasteiger partial charge in [-0.25, -0.2) is 4.39 Å². The second kappa shape index (κ2) is 8.45. The molecule has 2 aromatic heterocycles. The zero-order valence-electron chi connectivity index (χ0n) is 15.1. The van der Waals surface area contributed by atoms with Crippen LogP contribution in [0.25, 0.3) is 11.8 Å². The summed E-state index contributed by atoms with van der Waals surface area (Å²) in [6, 6.07) is 8.98. The molecule has 0 bridgehead atoms. The van der Waals surface area contributed by atoms with Crippen molar-refractivity contribution in [2.24, 2.45) is 0 Å². The highest BCUT2D eigenvalue weighted by Crippen LogP contribution is 2.29. The van der Waals surface area contributed by atoms with E-state index in [-0.39, 0.29) is 11.7 Å². The van der Waals surface area contributed by atoms with Gasteiger partial charge in [-0.1, -0.05) is 17.8 Å². The van der Waals surface area contributed by atoms with E-state index in [1.165, 1.54) is 36.0 Å². The Morgan fingerprint density at radius 1 is 1.21 bits per heavy atom. The van der Waals surface area contributed by atoms with Crippen LogP contribution in [0.2, 0.25) is 0 Å². The van der Waals surface area contributed by atoms with Crippen LogP contribution < -0.4 is 4.90 Å². The van der Waals surface area contributed by atoms with Crippen molar-refractivity contribution in [3.05, 3.63) is 63.5 Å². The van der Waals surface area contributed by atoms with Gasteiger partial charge < -0.3 is 14.1 Å². The monoisotopic (exact) mass is 417 g/mol. The lowest BCUT2D eigenvalue weighted by Crippen LogP contribution is -2.37. The smallest absolute Gasteiger partial charge is 0.401 e. The molecule has 0 atom stereocenters. The molecule has 1 saturated heterocycles. The van der Waals surface area contributed by atoms with E-state index in [9.17, 15) is 14.5 Å². The first-order valence-corrected chi connectivity index (χ1v) is 9.61. The number of rotatable bonds is 6. The molecule has 0 unspecified atom stereocenters. The number of halogens is 1. The van der Waals surface area contributed by atoms with E-state index in [4.69, 9.17) is 9.15 Å². The minimum absolute atomic E-state index is 0.327. The largest absolute Gasteiger partial charge is 0.433 e. The predicted octanol–water partition coefficient (Wildman–Crippen LogP) is 3.51. The fourth-order valence-electron chi connectivity index (χ4n) is 2.84. The second-order valence-corrected chi connectivity index (χ2v) is 6.92. The molecular formula is C18H16FN5O4S. The van der Waals surface area contributed by atoms with Gasteiger partial charge in [-0.05, 0) is 35.7 Å². The summed E-state index contributed by atoms with van der Waals surface area (Å²) in [5.74, 6) is 0.253. The van der Waals surface area contributed by atoms with Gasteiger partial charge in [-0.2, -0.15) is 0 Å². The van der Waals surface area contributed by atoms with Gasteiger partial charge in [0, 0.05) is 13.1 Å². The second-order valence-electron chi connectivity index (χ2n) is 6.05. The zero-order chi connectivity index (χ0) is 20.2. The number of furan rings is 1. The van der Waals surface area contributed by atoms with E-state index in [1.54, 1.807) is 28.2 Å². The van der Waals surface area contributed by atoms with Crippen LogP contribution in [0, 0.1) is 15.9 Å². The average molecular weight is 417 g/mol. The maximum atomic E-state index is 13.8. The maximum absolute atomic E-state index is 13.8. The molecule has 1 aliphatic heterocycles. The standard InChI is InChI=1S/C18H16FN5O4S/c19-13-2-1-3-14(12-13)23-17(22-7-9-27-10-8-22)20-21-18(23)29-11-6-15-4-5-16(28-15)24(25)26/h1-6,11-12H,7-10H2/b11-6+. The number of benzene rings is 1.